The molecule has 1 aromatic carbocycles. The Hall–Kier alpha value is -0.930. The molecule has 1 aromatic rings. The van der Waals surface area contributed by atoms with E-state index in [4.69, 9.17) is 4.74 Å². The van der Waals surface area contributed by atoms with Gasteiger partial charge in [0.25, 0.3) is 0 Å². The molecule has 3 heteroatoms. The Balaban J connectivity index is 2.24. The van der Waals surface area contributed by atoms with E-state index in [1.165, 1.54) is 6.07 Å². The molecule has 2 atom stereocenters. The first kappa shape index (κ1) is 10.6. The highest BCUT2D eigenvalue weighted by Crippen LogP contribution is 2.27. The van der Waals surface area contributed by atoms with E-state index in [1.807, 2.05) is 12.1 Å². The molecule has 0 bridgehead atoms. The molecule has 0 amide bonds. The fourth-order valence-electron chi connectivity index (χ4n) is 2.20. The molecule has 0 saturated carbocycles. The van der Waals surface area contributed by atoms with Gasteiger partial charge in [-0.2, -0.15) is 0 Å². The summed E-state index contributed by atoms with van der Waals surface area (Å²) in [6.45, 7) is 1.74. The van der Waals surface area contributed by atoms with Crippen LogP contribution in [0.1, 0.15) is 17.9 Å². The van der Waals surface area contributed by atoms with E-state index < -0.39 is 0 Å². The molecule has 0 aliphatic carbocycles. The number of rotatable bonds is 2. The van der Waals surface area contributed by atoms with Gasteiger partial charge in [0.2, 0.25) is 0 Å². The zero-order chi connectivity index (χ0) is 10.7. The van der Waals surface area contributed by atoms with Crippen molar-refractivity contribution in [2.24, 2.45) is 0 Å². The van der Waals surface area contributed by atoms with E-state index >= 15 is 0 Å². The van der Waals surface area contributed by atoms with Crippen LogP contribution < -0.4 is 5.32 Å². The van der Waals surface area contributed by atoms with Crippen LogP contribution in [0.5, 0.6) is 0 Å². The number of hydrogen-bond acceptors (Lipinski definition) is 2. The Morgan fingerprint density at radius 3 is 2.93 bits per heavy atom. The third-order valence-electron chi connectivity index (χ3n) is 3.03. The highest BCUT2D eigenvalue weighted by atomic mass is 19.1. The lowest BCUT2D eigenvalue weighted by Gasteiger charge is -2.31. The second kappa shape index (κ2) is 4.73. The average molecular weight is 209 g/mol. The van der Waals surface area contributed by atoms with Crippen molar-refractivity contribution in [1.29, 1.82) is 0 Å². The van der Waals surface area contributed by atoms with Gasteiger partial charge >= 0.3 is 0 Å². The monoisotopic (exact) mass is 209 g/mol. The first-order valence-electron chi connectivity index (χ1n) is 5.31. The summed E-state index contributed by atoms with van der Waals surface area (Å²) < 4.78 is 19.0. The zero-order valence-corrected chi connectivity index (χ0v) is 8.87. The number of piperidine rings is 1. The largest absolute Gasteiger partial charge is 0.381 e. The maximum Gasteiger partial charge on any atom is 0.126 e. The number of ether oxygens (including phenoxy) is 1. The Labute approximate surface area is 89.4 Å². The second-order valence-electron chi connectivity index (χ2n) is 3.89. The van der Waals surface area contributed by atoms with Crippen molar-refractivity contribution in [3.05, 3.63) is 35.6 Å². The molecule has 1 heterocycles. The molecule has 1 aliphatic rings. The standard InChI is InChI=1S/C12H16FNO/c1-15-12-6-7-14-8-10(12)9-4-2-3-5-11(9)13/h2-5,10,12,14H,6-8H2,1H3. The van der Waals surface area contributed by atoms with Crippen LogP contribution in [0.25, 0.3) is 0 Å². The topological polar surface area (TPSA) is 21.3 Å². The fraction of sp³-hybridized carbons (Fsp3) is 0.500. The van der Waals surface area contributed by atoms with Gasteiger partial charge < -0.3 is 10.1 Å². The number of methoxy groups -OCH3 is 1. The molecule has 2 nitrogen and oxygen atoms in total. The fourth-order valence-corrected chi connectivity index (χ4v) is 2.20. The number of hydrogen-bond donors (Lipinski definition) is 1. The molecule has 0 spiro atoms. The predicted molar refractivity (Wildman–Crippen MR) is 57.4 cm³/mol. The minimum Gasteiger partial charge on any atom is -0.381 e. The first-order valence-corrected chi connectivity index (χ1v) is 5.31. The lowest BCUT2D eigenvalue weighted by atomic mass is 9.88. The van der Waals surface area contributed by atoms with Crippen molar-refractivity contribution in [3.8, 4) is 0 Å². The summed E-state index contributed by atoms with van der Waals surface area (Å²) in [5.74, 6) is -0.00167. The van der Waals surface area contributed by atoms with Gasteiger partial charge in [-0.3, -0.25) is 0 Å². The molecule has 1 saturated heterocycles. The Bertz CT molecular complexity index is 329. The van der Waals surface area contributed by atoms with E-state index in [2.05, 4.69) is 5.32 Å². The lowest BCUT2D eigenvalue weighted by molar-refractivity contribution is 0.0575. The quantitative estimate of drug-likeness (QED) is 0.803. The maximum atomic E-state index is 13.6. The van der Waals surface area contributed by atoms with Crippen LogP contribution in [0.15, 0.2) is 24.3 Å². The highest BCUT2D eigenvalue weighted by molar-refractivity contribution is 5.24. The number of nitrogens with one attached hydrogen (secondary N) is 1. The number of halogens is 1. The summed E-state index contributed by atoms with van der Waals surface area (Å²) in [5.41, 5.74) is 0.761. The summed E-state index contributed by atoms with van der Waals surface area (Å²) in [5, 5.41) is 3.28. The van der Waals surface area contributed by atoms with Crippen molar-refractivity contribution in [2.75, 3.05) is 20.2 Å². The van der Waals surface area contributed by atoms with Crippen molar-refractivity contribution in [1.82, 2.24) is 5.32 Å². The van der Waals surface area contributed by atoms with Crippen LogP contribution in [0, 0.1) is 5.82 Å². The van der Waals surface area contributed by atoms with E-state index in [0.29, 0.717) is 0 Å². The molecule has 2 rings (SSSR count). The summed E-state index contributed by atoms with van der Waals surface area (Å²) in [4.78, 5) is 0. The minimum atomic E-state index is -0.131. The third-order valence-corrected chi connectivity index (χ3v) is 3.03. The lowest BCUT2D eigenvalue weighted by Crippen LogP contribution is -2.39. The average Bonchev–Trinajstić information content (AvgIpc) is 2.30. The smallest absolute Gasteiger partial charge is 0.126 e. The number of benzene rings is 1. The zero-order valence-electron chi connectivity index (χ0n) is 8.87. The highest BCUT2D eigenvalue weighted by Gasteiger charge is 2.27. The van der Waals surface area contributed by atoms with Crippen LogP contribution >= 0.6 is 0 Å². The van der Waals surface area contributed by atoms with Crippen LogP contribution in [-0.4, -0.2) is 26.3 Å². The third kappa shape index (κ3) is 2.19. The Morgan fingerprint density at radius 1 is 1.40 bits per heavy atom. The normalized spacial score (nSPS) is 26.5. The van der Waals surface area contributed by atoms with E-state index in [1.54, 1.807) is 13.2 Å². The molecule has 1 aliphatic heterocycles. The molecule has 1 fully saturated rings. The van der Waals surface area contributed by atoms with Gasteiger partial charge in [-0.15, -0.1) is 0 Å². The van der Waals surface area contributed by atoms with Gasteiger partial charge in [0, 0.05) is 19.6 Å². The van der Waals surface area contributed by atoms with Crippen LogP contribution in [0.4, 0.5) is 4.39 Å². The van der Waals surface area contributed by atoms with E-state index in [9.17, 15) is 4.39 Å². The van der Waals surface area contributed by atoms with Gasteiger partial charge in [0.05, 0.1) is 6.10 Å². The van der Waals surface area contributed by atoms with Gasteiger partial charge in [0.15, 0.2) is 0 Å². The van der Waals surface area contributed by atoms with Gasteiger partial charge in [-0.05, 0) is 24.6 Å². The first-order chi connectivity index (χ1) is 7.33. The summed E-state index contributed by atoms with van der Waals surface area (Å²) in [6.07, 6.45) is 1.07. The molecule has 82 valence electrons. The van der Waals surface area contributed by atoms with Crippen molar-refractivity contribution in [2.45, 2.75) is 18.4 Å². The van der Waals surface area contributed by atoms with E-state index in [-0.39, 0.29) is 17.8 Å². The van der Waals surface area contributed by atoms with Crippen LogP contribution in [0.2, 0.25) is 0 Å². The molecule has 0 aromatic heterocycles. The van der Waals surface area contributed by atoms with Crippen molar-refractivity contribution < 1.29 is 9.13 Å². The molecule has 2 unspecified atom stereocenters. The Morgan fingerprint density at radius 2 is 2.20 bits per heavy atom. The van der Waals surface area contributed by atoms with Gasteiger partial charge in [0.1, 0.15) is 5.82 Å². The van der Waals surface area contributed by atoms with Gasteiger partial charge in [-0.1, -0.05) is 18.2 Å². The summed E-state index contributed by atoms with van der Waals surface area (Å²) in [6, 6.07) is 6.95. The molecular weight excluding hydrogens is 193 g/mol. The summed E-state index contributed by atoms with van der Waals surface area (Å²) >= 11 is 0. The minimum absolute atomic E-state index is 0.128. The van der Waals surface area contributed by atoms with E-state index in [0.717, 1.165) is 25.1 Å². The second-order valence-corrected chi connectivity index (χ2v) is 3.89. The van der Waals surface area contributed by atoms with Crippen LogP contribution in [0.3, 0.4) is 0 Å². The SMILES string of the molecule is COC1CCNCC1c1ccccc1F. The predicted octanol–water partition coefficient (Wildman–Crippen LogP) is 1.92. The molecule has 0 radical (unpaired) electrons. The Kier molecular flexibility index (Phi) is 3.34. The molecular formula is C12H16FNO. The molecule has 1 N–H and O–H groups in total. The van der Waals surface area contributed by atoms with Crippen molar-refractivity contribution >= 4 is 0 Å². The van der Waals surface area contributed by atoms with Gasteiger partial charge in [-0.25, -0.2) is 4.39 Å². The molecule has 15 heavy (non-hydrogen) atoms. The maximum absolute atomic E-state index is 13.6. The van der Waals surface area contributed by atoms with Crippen molar-refractivity contribution in [3.63, 3.8) is 0 Å². The van der Waals surface area contributed by atoms with Crippen LogP contribution in [-0.2, 0) is 4.74 Å². The summed E-state index contributed by atoms with van der Waals surface area (Å²) in [7, 11) is 1.70.